The van der Waals surface area contributed by atoms with Crippen molar-refractivity contribution in [2.75, 3.05) is 13.7 Å². The number of methoxy groups -OCH3 is 1. The first-order valence-corrected chi connectivity index (χ1v) is 8.70. The van der Waals surface area contributed by atoms with Gasteiger partial charge in [0.25, 0.3) is 5.69 Å². The number of sulfonamides is 1. The third-order valence-electron chi connectivity index (χ3n) is 3.57. The van der Waals surface area contributed by atoms with E-state index < -0.39 is 14.9 Å². The molecule has 0 saturated heterocycles. The number of benzene rings is 2. The smallest absolute Gasteiger partial charge is 0.273 e. The average molecular weight is 350 g/mol. The van der Waals surface area contributed by atoms with Gasteiger partial charge in [0.05, 0.1) is 16.9 Å². The molecule has 0 bridgehead atoms. The van der Waals surface area contributed by atoms with Gasteiger partial charge in [0.2, 0.25) is 10.0 Å². The minimum atomic E-state index is -3.82. The van der Waals surface area contributed by atoms with Gasteiger partial charge in [0, 0.05) is 18.2 Å². The molecule has 0 aliphatic carbocycles. The molecule has 0 amide bonds. The van der Waals surface area contributed by atoms with Gasteiger partial charge in [-0.2, -0.15) is 0 Å². The van der Waals surface area contributed by atoms with Crippen molar-refractivity contribution in [2.45, 2.75) is 18.2 Å². The molecular formula is C16H18N2O5S. The second-order valence-electron chi connectivity index (χ2n) is 5.17. The summed E-state index contributed by atoms with van der Waals surface area (Å²) in [7, 11) is -2.27. The molecule has 24 heavy (non-hydrogen) atoms. The molecule has 2 aromatic rings. The Kier molecular flexibility index (Phi) is 5.53. The van der Waals surface area contributed by atoms with Crippen LogP contribution in [0.4, 0.5) is 5.69 Å². The fourth-order valence-electron chi connectivity index (χ4n) is 2.27. The van der Waals surface area contributed by atoms with E-state index in [9.17, 15) is 18.5 Å². The number of nitrogens with one attached hydrogen (secondary N) is 1. The maximum absolute atomic E-state index is 12.3. The van der Waals surface area contributed by atoms with E-state index in [2.05, 4.69) is 4.72 Å². The zero-order valence-corrected chi connectivity index (χ0v) is 14.2. The molecule has 0 saturated carbocycles. The number of nitro benzene ring substituents is 1. The van der Waals surface area contributed by atoms with Crippen LogP contribution in [-0.4, -0.2) is 27.0 Å². The Morgan fingerprint density at radius 1 is 1.21 bits per heavy atom. The Hall–Kier alpha value is -2.45. The molecule has 0 atom stereocenters. The molecule has 0 spiro atoms. The summed E-state index contributed by atoms with van der Waals surface area (Å²) in [5.41, 5.74) is 1.06. The van der Waals surface area contributed by atoms with E-state index in [1.165, 1.54) is 12.1 Å². The van der Waals surface area contributed by atoms with Crippen LogP contribution >= 0.6 is 0 Å². The predicted molar refractivity (Wildman–Crippen MR) is 89.7 cm³/mol. The number of ether oxygens (including phenoxy) is 1. The lowest BCUT2D eigenvalue weighted by Gasteiger charge is -2.10. The van der Waals surface area contributed by atoms with Crippen LogP contribution in [0.2, 0.25) is 0 Å². The summed E-state index contributed by atoms with van der Waals surface area (Å²) in [6, 6.07) is 11.2. The molecule has 0 aromatic heterocycles. The summed E-state index contributed by atoms with van der Waals surface area (Å²) in [6.07, 6.45) is 0.442. The summed E-state index contributed by atoms with van der Waals surface area (Å²) in [5, 5.41) is 10.9. The maximum Gasteiger partial charge on any atom is 0.273 e. The lowest BCUT2D eigenvalue weighted by Crippen LogP contribution is -2.26. The first-order valence-electron chi connectivity index (χ1n) is 7.22. The summed E-state index contributed by atoms with van der Waals surface area (Å²) < 4.78 is 32.3. The van der Waals surface area contributed by atoms with Crippen molar-refractivity contribution in [3.63, 3.8) is 0 Å². The number of nitrogens with zero attached hydrogens (tertiary/aromatic N) is 1. The second-order valence-corrected chi connectivity index (χ2v) is 6.93. The fraction of sp³-hybridized carbons (Fsp3) is 0.250. The number of hydrogen-bond donors (Lipinski definition) is 1. The van der Waals surface area contributed by atoms with Crippen molar-refractivity contribution in [3.8, 4) is 5.75 Å². The molecule has 128 valence electrons. The van der Waals surface area contributed by atoms with Crippen molar-refractivity contribution in [1.29, 1.82) is 0 Å². The zero-order chi connectivity index (χ0) is 17.7. The lowest BCUT2D eigenvalue weighted by molar-refractivity contribution is -0.385. The van der Waals surface area contributed by atoms with Crippen molar-refractivity contribution < 1.29 is 18.1 Å². The Morgan fingerprint density at radius 3 is 2.58 bits per heavy atom. The van der Waals surface area contributed by atoms with Crippen LogP contribution in [0.15, 0.2) is 47.4 Å². The molecule has 1 N–H and O–H groups in total. The molecule has 0 aliphatic rings. The fourth-order valence-corrected chi connectivity index (χ4v) is 3.32. The molecule has 7 nitrogen and oxygen atoms in total. The van der Waals surface area contributed by atoms with Crippen LogP contribution in [-0.2, 0) is 16.4 Å². The summed E-state index contributed by atoms with van der Waals surface area (Å²) >= 11 is 0. The Bertz CT molecular complexity index is 849. The van der Waals surface area contributed by atoms with Gasteiger partial charge in [-0.15, -0.1) is 0 Å². The number of aryl methyl sites for hydroxylation is 1. The van der Waals surface area contributed by atoms with Gasteiger partial charge in [-0.3, -0.25) is 10.1 Å². The quantitative estimate of drug-likeness (QED) is 0.611. The van der Waals surface area contributed by atoms with Gasteiger partial charge in [-0.1, -0.05) is 24.3 Å². The minimum absolute atomic E-state index is 0.125. The van der Waals surface area contributed by atoms with Crippen molar-refractivity contribution in [1.82, 2.24) is 4.72 Å². The van der Waals surface area contributed by atoms with E-state index in [1.54, 1.807) is 20.1 Å². The van der Waals surface area contributed by atoms with Crippen LogP contribution in [0.1, 0.15) is 11.1 Å². The van der Waals surface area contributed by atoms with Gasteiger partial charge in [0.1, 0.15) is 5.75 Å². The number of hydrogen-bond acceptors (Lipinski definition) is 5. The monoisotopic (exact) mass is 350 g/mol. The molecule has 0 unspecified atom stereocenters. The topological polar surface area (TPSA) is 98.5 Å². The summed E-state index contributed by atoms with van der Waals surface area (Å²) in [6.45, 7) is 1.72. The van der Waals surface area contributed by atoms with E-state index in [4.69, 9.17) is 4.74 Å². The molecule has 0 radical (unpaired) electrons. The van der Waals surface area contributed by atoms with Gasteiger partial charge in [-0.25, -0.2) is 13.1 Å². The van der Waals surface area contributed by atoms with Crippen LogP contribution in [0.3, 0.4) is 0 Å². The predicted octanol–water partition coefficient (Wildman–Crippen LogP) is 2.43. The zero-order valence-electron chi connectivity index (χ0n) is 13.4. The van der Waals surface area contributed by atoms with Crippen molar-refractivity contribution in [3.05, 3.63) is 63.7 Å². The van der Waals surface area contributed by atoms with Gasteiger partial charge in [0.15, 0.2) is 0 Å². The molecule has 2 rings (SSSR count). The minimum Gasteiger partial charge on any atom is -0.496 e. The van der Waals surface area contributed by atoms with Crippen LogP contribution < -0.4 is 9.46 Å². The van der Waals surface area contributed by atoms with E-state index in [0.717, 1.165) is 11.6 Å². The van der Waals surface area contributed by atoms with Crippen molar-refractivity contribution in [2.24, 2.45) is 0 Å². The second kappa shape index (κ2) is 7.41. The maximum atomic E-state index is 12.3. The normalized spacial score (nSPS) is 11.2. The van der Waals surface area contributed by atoms with Crippen LogP contribution in [0.25, 0.3) is 0 Å². The van der Waals surface area contributed by atoms with Crippen LogP contribution in [0.5, 0.6) is 5.75 Å². The molecule has 0 fully saturated rings. The first-order chi connectivity index (χ1) is 11.3. The van der Waals surface area contributed by atoms with Gasteiger partial charge < -0.3 is 4.74 Å². The highest BCUT2D eigenvalue weighted by Crippen LogP contribution is 2.22. The average Bonchev–Trinajstić information content (AvgIpc) is 2.55. The Balaban J connectivity index is 2.12. The number of rotatable bonds is 7. The van der Waals surface area contributed by atoms with E-state index >= 15 is 0 Å². The van der Waals surface area contributed by atoms with E-state index in [1.807, 2.05) is 18.2 Å². The molecule has 0 aliphatic heterocycles. The number of para-hydroxylation sites is 1. The first kappa shape index (κ1) is 17.9. The largest absolute Gasteiger partial charge is 0.496 e. The SMILES string of the molecule is COc1ccccc1CCNS(=O)(=O)c1ccc(C)c([N+](=O)[O-])c1. The highest BCUT2D eigenvalue weighted by molar-refractivity contribution is 7.89. The Morgan fingerprint density at radius 2 is 1.92 bits per heavy atom. The van der Waals surface area contributed by atoms with Crippen molar-refractivity contribution >= 4 is 15.7 Å². The van der Waals surface area contributed by atoms with E-state index in [-0.39, 0.29) is 17.1 Å². The molecule has 2 aromatic carbocycles. The lowest BCUT2D eigenvalue weighted by atomic mass is 10.1. The third-order valence-corrected chi connectivity index (χ3v) is 5.03. The molecular weight excluding hydrogens is 332 g/mol. The van der Waals surface area contributed by atoms with Gasteiger partial charge >= 0.3 is 0 Å². The summed E-state index contributed by atoms with van der Waals surface area (Å²) in [4.78, 5) is 10.2. The third kappa shape index (κ3) is 4.09. The Labute approximate surface area is 140 Å². The van der Waals surface area contributed by atoms with Crippen LogP contribution in [0, 0.1) is 17.0 Å². The highest BCUT2D eigenvalue weighted by Gasteiger charge is 2.19. The summed E-state index contributed by atoms with van der Waals surface area (Å²) in [5.74, 6) is 0.683. The van der Waals surface area contributed by atoms with E-state index in [0.29, 0.717) is 17.7 Å². The van der Waals surface area contributed by atoms with Gasteiger partial charge in [-0.05, 0) is 31.0 Å². The molecule has 0 heterocycles. The number of nitro groups is 1. The standard InChI is InChI=1S/C16H18N2O5S/c1-12-7-8-14(11-15(12)18(19)20)24(21,22)17-10-9-13-5-3-4-6-16(13)23-2/h3-8,11,17H,9-10H2,1-2H3. The molecule has 8 heteroatoms. The highest BCUT2D eigenvalue weighted by atomic mass is 32.2.